The van der Waals surface area contributed by atoms with Crippen LogP contribution in [0.2, 0.25) is 51.4 Å². The van der Waals surface area contributed by atoms with Crippen LogP contribution in [0.5, 0.6) is 0 Å². The average molecular weight is 713 g/mol. The Hall–Kier alpha value is -2.43. The van der Waals surface area contributed by atoms with Gasteiger partial charge < -0.3 is 19.1 Å². The molecule has 0 radical (unpaired) electrons. The summed E-state index contributed by atoms with van der Waals surface area (Å²) in [5.41, 5.74) is 5.05. The molecule has 1 saturated heterocycles. The van der Waals surface area contributed by atoms with Crippen molar-refractivity contribution in [1.29, 1.82) is 0 Å². The zero-order valence-corrected chi connectivity index (χ0v) is 33.2. The summed E-state index contributed by atoms with van der Waals surface area (Å²) < 4.78 is 38.1. The maximum absolute atomic E-state index is 16.1. The van der Waals surface area contributed by atoms with Gasteiger partial charge in [0.25, 0.3) is 0 Å². The number of carbonyl (C=O) groups is 1. The molecule has 270 valence electrons. The number of halogens is 1. The Labute approximate surface area is 293 Å². The van der Waals surface area contributed by atoms with E-state index in [1.165, 1.54) is 28.6 Å². The van der Waals surface area contributed by atoms with Gasteiger partial charge in [-0.15, -0.1) is 0 Å². The fraction of sp³-hybridized carbons (Fsp3) is 0.694. The Morgan fingerprint density at radius 1 is 1.08 bits per heavy atom. The number of imidazole rings is 1. The minimum Gasteiger partial charge on any atom is -0.379 e. The van der Waals surface area contributed by atoms with Crippen molar-refractivity contribution in [2.75, 3.05) is 51.5 Å². The SMILES string of the molecule is C[C@@H](C(=O)N(C)c1cc2nc(-c3nn(COCC[Si](C)(C)C)c4c3C[C@@H]3C[C@]3(C)C4)n(COCC[Si](C)(C)C)c2cc1F)N1CCOCC1. The monoisotopic (exact) mass is 712 g/mol. The summed E-state index contributed by atoms with van der Waals surface area (Å²) in [6, 6.07) is 4.95. The highest BCUT2D eigenvalue weighted by Gasteiger charge is 2.54. The number of fused-ring (bicyclic) bond motifs is 3. The van der Waals surface area contributed by atoms with Crippen LogP contribution >= 0.6 is 0 Å². The van der Waals surface area contributed by atoms with Crippen molar-refractivity contribution in [2.24, 2.45) is 11.3 Å². The normalized spacial score (nSPS) is 21.9. The van der Waals surface area contributed by atoms with Crippen LogP contribution < -0.4 is 4.90 Å². The number of benzene rings is 1. The van der Waals surface area contributed by atoms with Crippen molar-refractivity contribution in [1.82, 2.24) is 24.2 Å². The molecule has 3 heterocycles. The maximum atomic E-state index is 16.1. The molecule has 13 heteroatoms. The summed E-state index contributed by atoms with van der Waals surface area (Å²) in [5, 5.41) is 5.19. The third-order valence-corrected chi connectivity index (χ3v) is 14.2. The standard InChI is InChI=1S/C36H57FN6O4Si2/c1-25(41-10-12-45-13-11-41)35(44)40(3)30-20-29-31(19-28(30)37)42(23-46-14-16-48(4,5)6)34(38-29)33-27-18-26-21-36(26,2)22-32(27)43(39-33)24-47-15-17-49(7,8)9/h19-20,25-26H,10-18,21-24H2,1-9H3/t25-,26+,36+/m0/s1. The highest BCUT2D eigenvalue weighted by atomic mass is 28.3. The van der Waals surface area contributed by atoms with Crippen LogP contribution in [-0.4, -0.2) is 98.9 Å². The van der Waals surface area contributed by atoms with Crippen LogP contribution in [0.1, 0.15) is 31.5 Å². The van der Waals surface area contributed by atoms with E-state index in [9.17, 15) is 4.79 Å². The molecule has 2 fully saturated rings. The van der Waals surface area contributed by atoms with E-state index < -0.39 is 28.0 Å². The first kappa shape index (κ1) is 36.4. The third-order valence-electron chi connectivity index (χ3n) is 10.8. The van der Waals surface area contributed by atoms with Crippen LogP contribution in [0.25, 0.3) is 22.6 Å². The van der Waals surface area contributed by atoms with Crippen molar-refractivity contribution < 1.29 is 23.4 Å². The quantitative estimate of drug-likeness (QED) is 0.140. The lowest BCUT2D eigenvalue weighted by Crippen LogP contribution is -2.50. The van der Waals surface area contributed by atoms with Gasteiger partial charge in [0.15, 0.2) is 5.82 Å². The minimum absolute atomic E-state index is 0.163. The van der Waals surface area contributed by atoms with Crippen LogP contribution in [0.4, 0.5) is 10.1 Å². The van der Waals surface area contributed by atoms with Gasteiger partial charge in [-0.2, -0.15) is 5.10 Å². The number of amides is 1. The second-order valence-corrected chi connectivity index (χ2v) is 28.5. The van der Waals surface area contributed by atoms with Gasteiger partial charge in [0.1, 0.15) is 25.0 Å². The van der Waals surface area contributed by atoms with Gasteiger partial charge in [0.2, 0.25) is 5.91 Å². The highest BCUT2D eigenvalue weighted by molar-refractivity contribution is 6.76. The predicted octanol–water partition coefficient (Wildman–Crippen LogP) is 6.47. The molecule has 1 aliphatic heterocycles. The number of hydrogen-bond acceptors (Lipinski definition) is 7. The molecule has 0 unspecified atom stereocenters. The van der Waals surface area contributed by atoms with Crippen LogP contribution in [0.15, 0.2) is 12.1 Å². The summed E-state index contributed by atoms with van der Waals surface area (Å²) in [4.78, 5) is 22.2. The lowest BCUT2D eigenvalue weighted by atomic mass is 9.87. The Morgan fingerprint density at radius 3 is 2.39 bits per heavy atom. The molecule has 6 rings (SSSR count). The molecule has 1 saturated carbocycles. The Balaban J connectivity index is 1.36. The Bertz CT molecular complexity index is 1670. The number of anilines is 1. The first-order valence-corrected chi connectivity index (χ1v) is 25.5. The largest absolute Gasteiger partial charge is 0.379 e. The number of rotatable bonds is 14. The van der Waals surface area contributed by atoms with E-state index in [0.29, 0.717) is 67.8 Å². The third kappa shape index (κ3) is 8.07. The molecule has 0 bridgehead atoms. The van der Waals surface area contributed by atoms with E-state index >= 15 is 4.39 Å². The van der Waals surface area contributed by atoms with Gasteiger partial charge in [0, 0.05) is 66.8 Å². The smallest absolute Gasteiger partial charge is 0.243 e. The fourth-order valence-corrected chi connectivity index (χ4v) is 8.70. The Morgan fingerprint density at radius 2 is 1.73 bits per heavy atom. The molecule has 3 aromatic rings. The van der Waals surface area contributed by atoms with Crippen molar-refractivity contribution in [3.63, 3.8) is 0 Å². The lowest BCUT2D eigenvalue weighted by molar-refractivity contribution is -0.124. The summed E-state index contributed by atoms with van der Waals surface area (Å²) in [6.45, 7) is 22.9. The zero-order chi connectivity index (χ0) is 35.3. The summed E-state index contributed by atoms with van der Waals surface area (Å²) in [7, 11) is -0.890. The van der Waals surface area contributed by atoms with E-state index in [2.05, 4.69) is 55.8 Å². The number of hydrogen-bond donors (Lipinski definition) is 0. The second-order valence-electron chi connectivity index (χ2n) is 17.3. The molecule has 1 amide bonds. The molecule has 2 aromatic heterocycles. The predicted molar refractivity (Wildman–Crippen MR) is 198 cm³/mol. The van der Waals surface area contributed by atoms with E-state index in [-0.39, 0.29) is 18.3 Å². The molecule has 0 spiro atoms. The molecule has 3 atom stereocenters. The van der Waals surface area contributed by atoms with Crippen molar-refractivity contribution in [3.8, 4) is 11.5 Å². The van der Waals surface area contributed by atoms with Gasteiger partial charge in [-0.25, -0.2) is 14.1 Å². The van der Waals surface area contributed by atoms with E-state index in [1.807, 2.05) is 11.5 Å². The fourth-order valence-electron chi connectivity index (χ4n) is 7.19. The molecule has 2 aliphatic carbocycles. The number of likely N-dealkylation sites (N-methyl/N-ethyl adjacent to an activating group) is 1. The summed E-state index contributed by atoms with van der Waals surface area (Å²) >= 11 is 0. The van der Waals surface area contributed by atoms with E-state index in [1.54, 1.807) is 13.1 Å². The first-order valence-electron chi connectivity index (χ1n) is 18.1. The van der Waals surface area contributed by atoms with Crippen LogP contribution in [0.3, 0.4) is 0 Å². The minimum atomic E-state index is -1.31. The van der Waals surface area contributed by atoms with Gasteiger partial charge in [-0.1, -0.05) is 46.2 Å². The molecule has 1 aromatic carbocycles. The molecule has 3 aliphatic rings. The zero-order valence-electron chi connectivity index (χ0n) is 31.2. The van der Waals surface area contributed by atoms with E-state index in [0.717, 1.165) is 37.2 Å². The van der Waals surface area contributed by atoms with Crippen molar-refractivity contribution in [3.05, 3.63) is 29.2 Å². The number of carbonyl (C=O) groups excluding carboxylic acids is 1. The van der Waals surface area contributed by atoms with Crippen LogP contribution in [0, 0.1) is 17.2 Å². The molecule has 49 heavy (non-hydrogen) atoms. The lowest BCUT2D eigenvalue weighted by Gasteiger charge is -2.33. The average Bonchev–Trinajstić information content (AvgIpc) is 3.42. The number of aromatic nitrogens is 4. The summed E-state index contributed by atoms with van der Waals surface area (Å²) in [6.07, 6.45) is 3.13. The maximum Gasteiger partial charge on any atom is 0.243 e. The van der Waals surface area contributed by atoms with Gasteiger partial charge >= 0.3 is 0 Å². The topological polar surface area (TPSA) is 86.9 Å². The van der Waals surface area contributed by atoms with Gasteiger partial charge in [-0.3, -0.25) is 14.3 Å². The van der Waals surface area contributed by atoms with Crippen molar-refractivity contribution >= 4 is 38.8 Å². The molecular weight excluding hydrogens is 656 g/mol. The molecule has 10 nitrogen and oxygen atoms in total. The molecular formula is C36H57FN6O4Si2. The van der Waals surface area contributed by atoms with Crippen LogP contribution in [-0.2, 0) is 45.3 Å². The first-order chi connectivity index (χ1) is 23.0. The Kier molecular flexibility index (Phi) is 10.4. The molecule has 0 N–H and O–H groups in total. The number of nitrogens with zero attached hydrogens (tertiary/aromatic N) is 6. The summed E-state index contributed by atoms with van der Waals surface area (Å²) in [5.74, 6) is 0.678. The van der Waals surface area contributed by atoms with Crippen molar-refractivity contribution in [2.45, 2.75) is 104 Å². The number of morpholine rings is 1. The number of ether oxygens (including phenoxy) is 3. The second kappa shape index (κ2) is 13.9. The van der Waals surface area contributed by atoms with Gasteiger partial charge in [0.05, 0.1) is 36.0 Å². The van der Waals surface area contributed by atoms with E-state index in [4.69, 9.17) is 24.3 Å². The van der Waals surface area contributed by atoms with Gasteiger partial charge in [-0.05, 0) is 55.7 Å². The highest BCUT2D eigenvalue weighted by Crippen LogP contribution is 2.60.